The molecule has 1 aliphatic heterocycles. The highest BCUT2D eigenvalue weighted by Gasteiger charge is 2.27. The molecule has 1 fully saturated rings. The second kappa shape index (κ2) is 6.40. The van der Waals surface area contributed by atoms with Crippen molar-refractivity contribution in [3.8, 4) is 0 Å². The smallest absolute Gasteiger partial charge is 0.222 e. The molecule has 1 aromatic rings. The van der Waals surface area contributed by atoms with E-state index in [0.29, 0.717) is 18.9 Å². The third-order valence-corrected chi connectivity index (χ3v) is 3.91. The Morgan fingerprint density at radius 2 is 2.05 bits per heavy atom. The van der Waals surface area contributed by atoms with Crippen molar-refractivity contribution >= 4 is 17.5 Å². The summed E-state index contributed by atoms with van der Waals surface area (Å²) in [6.07, 6.45) is 2.49. The monoisotopic (exact) mass is 280 g/mol. The highest BCUT2D eigenvalue weighted by molar-refractivity contribution is 6.30. The minimum absolute atomic E-state index is 0.0987. The van der Waals surface area contributed by atoms with E-state index in [1.54, 1.807) is 0 Å². The lowest BCUT2D eigenvalue weighted by Gasteiger charge is -2.36. The van der Waals surface area contributed by atoms with E-state index in [1.165, 1.54) is 5.56 Å². The van der Waals surface area contributed by atoms with E-state index in [-0.39, 0.29) is 11.9 Å². The lowest BCUT2D eigenvalue weighted by Crippen LogP contribution is -2.49. The molecule has 2 rings (SSSR count). The van der Waals surface area contributed by atoms with E-state index in [4.69, 9.17) is 17.3 Å². The standard InChI is InChI=1S/C15H21ClN2O/c1-2-15(19)18-9-12(8-14(17)10-18)7-11-3-5-13(16)6-4-11/h3-6,12,14H,2,7-10,17H2,1H3. The van der Waals surface area contributed by atoms with Crippen LogP contribution in [0.25, 0.3) is 0 Å². The molecule has 1 aromatic carbocycles. The predicted octanol–water partition coefficient (Wildman–Crippen LogP) is 2.47. The number of halogens is 1. The molecule has 3 nitrogen and oxygen atoms in total. The van der Waals surface area contributed by atoms with Gasteiger partial charge < -0.3 is 10.6 Å². The molecule has 2 unspecified atom stereocenters. The van der Waals surface area contributed by atoms with Gasteiger partial charge in [0.1, 0.15) is 0 Å². The molecule has 0 saturated carbocycles. The number of carbonyl (C=O) groups excluding carboxylic acids is 1. The molecule has 1 amide bonds. The summed E-state index contributed by atoms with van der Waals surface area (Å²) in [7, 11) is 0. The molecule has 0 radical (unpaired) electrons. The Hall–Kier alpha value is -1.06. The van der Waals surface area contributed by atoms with Crippen molar-refractivity contribution in [2.75, 3.05) is 13.1 Å². The van der Waals surface area contributed by atoms with Crippen LogP contribution in [0.2, 0.25) is 5.02 Å². The van der Waals surface area contributed by atoms with Crippen LogP contribution in [0, 0.1) is 5.92 Å². The lowest BCUT2D eigenvalue weighted by molar-refractivity contribution is -0.133. The van der Waals surface area contributed by atoms with Crippen LogP contribution in [0.5, 0.6) is 0 Å². The number of amides is 1. The van der Waals surface area contributed by atoms with Gasteiger partial charge in [-0.05, 0) is 36.5 Å². The van der Waals surface area contributed by atoms with Gasteiger partial charge in [-0.3, -0.25) is 4.79 Å². The van der Waals surface area contributed by atoms with Crippen molar-refractivity contribution in [2.45, 2.75) is 32.2 Å². The first-order valence-electron chi connectivity index (χ1n) is 6.86. The molecule has 0 aromatic heterocycles. The fourth-order valence-corrected chi connectivity index (χ4v) is 2.90. The summed E-state index contributed by atoms with van der Waals surface area (Å²) >= 11 is 5.89. The average Bonchev–Trinajstić information content (AvgIpc) is 2.40. The van der Waals surface area contributed by atoms with Crippen LogP contribution in [0.1, 0.15) is 25.3 Å². The average molecular weight is 281 g/mol. The topological polar surface area (TPSA) is 46.3 Å². The fourth-order valence-electron chi connectivity index (χ4n) is 2.78. The number of nitrogens with zero attached hydrogens (tertiary/aromatic N) is 1. The summed E-state index contributed by atoms with van der Waals surface area (Å²) in [6, 6.07) is 8.02. The molecular weight excluding hydrogens is 260 g/mol. The van der Waals surface area contributed by atoms with E-state index >= 15 is 0 Å². The second-order valence-corrected chi connectivity index (χ2v) is 5.78. The Morgan fingerprint density at radius 1 is 1.37 bits per heavy atom. The Bertz CT molecular complexity index is 432. The number of nitrogens with two attached hydrogens (primary N) is 1. The summed E-state index contributed by atoms with van der Waals surface area (Å²) in [5, 5.41) is 0.756. The summed E-state index contributed by atoms with van der Waals surface area (Å²) in [6.45, 7) is 3.42. The van der Waals surface area contributed by atoms with Gasteiger partial charge in [0.05, 0.1) is 0 Å². The maximum absolute atomic E-state index is 11.8. The minimum atomic E-state index is 0.0987. The van der Waals surface area contributed by atoms with Gasteiger partial charge in [0.2, 0.25) is 5.91 Å². The SMILES string of the molecule is CCC(=O)N1CC(N)CC(Cc2ccc(Cl)cc2)C1. The van der Waals surface area contributed by atoms with Crippen LogP contribution < -0.4 is 5.73 Å². The number of benzene rings is 1. The number of carbonyl (C=O) groups is 1. The van der Waals surface area contributed by atoms with Gasteiger partial charge in [-0.15, -0.1) is 0 Å². The molecule has 0 spiro atoms. The number of hydrogen-bond acceptors (Lipinski definition) is 2. The van der Waals surface area contributed by atoms with Crippen molar-refractivity contribution in [2.24, 2.45) is 11.7 Å². The zero-order valence-corrected chi connectivity index (χ0v) is 12.1. The van der Waals surface area contributed by atoms with E-state index in [9.17, 15) is 4.79 Å². The molecule has 0 aliphatic carbocycles. The zero-order chi connectivity index (χ0) is 13.8. The minimum Gasteiger partial charge on any atom is -0.341 e. The quantitative estimate of drug-likeness (QED) is 0.924. The highest BCUT2D eigenvalue weighted by Crippen LogP contribution is 2.21. The van der Waals surface area contributed by atoms with Gasteiger partial charge >= 0.3 is 0 Å². The molecular formula is C15H21ClN2O. The number of rotatable bonds is 3. The van der Waals surface area contributed by atoms with Crippen LogP contribution in [0.3, 0.4) is 0 Å². The van der Waals surface area contributed by atoms with Crippen LogP contribution in [-0.4, -0.2) is 29.9 Å². The van der Waals surface area contributed by atoms with E-state index in [0.717, 1.165) is 24.4 Å². The number of piperidine rings is 1. The largest absolute Gasteiger partial charge is 0.341 e. The first-order chi connectivity index (χ1) is 9.08. The predicted molar refractivity (Wildman–Crippen MR) is 78.1 cm³/mol. The lowest BCUT2D eigenvalue weighted by atomic mass is 9.89. The maximum Gasteiger partial charge on any atom is 0.222 e. The molecule has 104 valence electrons. The molecule has 2 N–H and O–H groups in total. The maximum atomic E-state index is 11.8. The molecule has 19 heavy (non-hydrogen) atoms. The third-order valence-electron chi connectivity index (χ3n) is 3.66. The van der Waals surface area contributed by atoms with Crippen LogP contribution in [0.4, 0.5) is 0 Å². The normalized spacial score (nSPS) is 23.4. The van der Waals surface area contributed by atoms with Crippen molar-refractivity contribution in [3.63, 3.8) is 0 Å². The number of likely N-dealkylation sites (tertiary alicyclic amines) is 1. The number of hydrogen-bond donors (Lipinski definition) is 1. The van der Waals surface area contributed by atoms with Crippen molar-refractivity contribution < 1.29 is 4.79 Å². The first kappa shape index (κ1) is 14.4. The Morgan fingerprint density at radius 3 is 2.68 bits per heavy atom. The van der Waals surface area contributed by atoms with Crippen molar-refractivity contribution in [1.29, 1.82) is 0 Å². The fraction of sp³-hybridized carbons (Fsp3) is 0.533. The summed E-state index contributed by atoms with van der Waals surface area (Å²) in [4.78, 5) is 13.7. The van der Waals surface area contributed by atoms with Crippen LogP contribution in [-0.2, 0) is 11.2 Å². The third kappa shape index (κ3) is 3.95. The zero-order valence-electron chi connectivity index (χ0n) is 11.3. The second-order valence-electron chi connectivity index (χ2n) is 5.34. The van der Waals surface area contributed by atoms with E-state index in [2.05, 4.69) is 12.1 Å². The molecule has 1 heterocycles. The molecule has 2 atom stereocenters. The Labute approximate surface area is 119 Å². The van der Waals surface area contributed by atoms with Gasteiger partial charge in [0.25, 0.3) is 0 Å². The van der Waals surface area contributed by atoms with Crippen LogP contribution in [0.15, 0.2) is 24.3 Å². The molecule has 1 saturated heterocycles. The summed E-state index contributed by atoms with van der Waals surface area (Å²) in [5.74, 6) is 0.650. The summed E-state index contributed by atoms with van der Waals surface area (Å²) in [5.41, 5.74) is 7.33. The molecule has 0 bridgehead atoms. The van der Waals surface area contributed by atoms with Gasteiger partial charge in [-0.25, -0.2) is 0 Å². The highest BCUT2D eigenvalue weighted by atomic mass is 35.5. The first-order valence-corrected chi connectivity index (χ1v) is 7.24. The van der Waals surface area contributed by atoms with Gasteiger partial charge in [-0.2, -0.15) is 0 Å². The Kier molecular flexibility index (Phi) is 4.83. The molecule has 1 aliphatic rings. The van der Waals surface area contributed by atoms with Gasteiger partial charge in [0.15, 0.2) is 0 Å². The Balaban J connectivity index is 1.99. The van der Waals surface area contributed by atoms with Gasteiger partial charge in [-0.1, -0.05) is 30.7 Å². The van der Waals surface area contributed by atoms with E-state index in [1.807, 2.05) is 24.0 Å². The molecule has 4 heteroatoms. The van der Waals surface area contributed by atoms with E-state index < -0.39 is 0 Å². The van der Waals surface area contributed by atoms with Gasteiger partial charge in [0, 0.05) is 30.6 Å². The van der Waals surface area contributed by atoms with Crippen molar-refractivity contribution in [1.82, 2.24) is 4.90 Å². The van der Waals surface area contributed by atoms with Crippen LogP contribution >= 0.6 is 11.6 Å². The summed E-state index contributed by atoms with van der Waals surface area (Å²) < 4.78 is 0. The van der Waals surface area contributed by atoms with Crippen molar-refractivity contribution in [3.05, 3.63) is 34.9 Å².